The Morgan fingerprint density at radius 3 is 2.67 bits per heavy atom. The Morgan fingerprint density at radius 1 is 1.17 bits per heavy atom. The van der Waals surface area contributed by atoms with E-state index in [4.69, 9.17) is 27.7 Å². The van der Waals surface area contributed by atoms with E-state index in [1.807, 2.05) is 37.3 Å². The number of halogens is 3. The van der Waals surface area contributed by atoms with Crippen molar-refractivity contribution in [2.75, 3.05) is 5.32 Å². The van der Waals surface area contributed by atoms with Gasteiger partial charge in [0.25, 0.3) is 5.91 Å². The second-order valence-electron chi connectivity index (χ2n) is 6.66. The molecule has 1 N–H and O–H groups in total. The molecule has 30 heavy (non-hydrogen) atoms. The van der Waals surface area contributed by atoms with E-state index < -0.39 is 5.91 Å². The molecule has 0 bridgehead atoms. The van der Waals surface area contributed by atoms with E-state index in [0.29, 0.717) is 32.6 Å². The number of carbonyl (C=O) groups is 1. The lowest BCUT2D eigenvalue weighted by atomic mass is 10.1. The second-order valence-corrected chi connectivity index (χ2v) is 8.35. The van der Waals surface area contributed by atoms with Crippen LogP contribution in [0.1, 0.15) is 21.6 Å². The first kappa shape index (κ1) is 20.7. The summed E-state index contributed by atoms with van der Waals surface area (Å²) in [4.78, 5) is 12.6. The Bertz CT molecular complexity index is 1220. The largest absolute Gasteiger partial charge is 0.355 e. The molecule has 0 saturated carbocycles. The fraction of sp³-hybridized carbons (Fsp3) is 0.0952. The summed E-state index contributed by atoms with van der Waals surface area (Å²) >= 11 is 15.6. The fourth-order valence-electron chi connectivity index (χ4n) is 2.79. The van der Waals surface area contributed by atoms with Crippen LogP contribution in [0.15, 0.2) is 63.7 Å². The first-order valence-electron chi connectivity index (χ1n) is 8.91. The third-order valence-corrected chi connectivity index (χ3v) is 5.54. The first-order valence-corrected chi connectivity index (χ1v) is 10.5. The number of aryl methyl sites for hydroxylation is 1. The Hall–Kier alpha value is -2.61. The minimum Gasteiger partial charge on any atom is -0.355 e. The van der Waals surface area contributed by atoms with E-state index in [-0.39, 0.29) is 5.69 Å². The highest BCUT2D eigenvalue weighted by molar-refractivity contribution is 9.10. The molecule has 0 spiro atoms. The molecule has 0 fully saturated rings. The quantitative estimate of drug-likeness (QED) is 0.349. The number of hydrogen-bond acceptors (Lipinski definition) is 4. The lowest BCUT2D eigenvalue weighted by molar-refractivity contribution is 0.101. The van der Waals surface area contributed by atoms with Crippen LogP contribution in [-0.4, -0.2) is 20.8 Å². The number of nitrogens with zero attached hydrogens (tertiary/aromatic N) is 3. The molecule has 1 amide bonds. The summed E-state index contributed by atoms with van der Waals surface area (Å²) < 4.78 is 7.60. The van der Waals surface area contributed by atoms with E-state index >= 15 is 0 Å². The molecule has 4 aromatic rings. The predicted octanol–water partition coefficient (Wildman–Crippen LogP) is 6.22. The van der Waals surface area contributed by atoms with Crippen LogP contribution in [0.25, 0.3) is 11.3 Å². The molecule has 4 rings (SSSR count). The number of anilines is 1. The summed E-state index contributed by atoms with van der Waals surface area (Å²) in [5.74, 6) is 0.458. The van der Waals surface area contributed by atoms with E-state index in [9.17, 15) is 4.79 Å². The van der Waals surface area contributed by atoms with Gasteiger partial charge in [0.1, 0.15) is 0 Å². The van der Waals surface area contributed by atoms with Gasteiger partial charge in [-0.15, -0.1) is 0 Å². The van der Waals surface area contributed by atoms with Crippen LogP contribution >= 0.6 is 39.1 Å². The molecule has 0 radical (unpaired) electrons. The van der Waals surface area contributed by atoms with Crippen molar-refractivity contribution < 1.29 is 9.32 Å². The van der Waals surface area contributed by atoms with Gasteiger partial charge in [0, 0.05) is 27.9 Å². The van der Waals surface area contributed by atoms with Crippen molar-refractivity contribution in [1.82, 2.24) is 14.9 Å². The number of benzene rings is 2. The van der Waals surface area contributed by atoms with Crippen LogP contribution in [0, 0.1) is 6.92 Å². The Kier molecular flexibility index (Phi) is 5.94. The van der Waals surface area contributed by atoms with Crippen LogP contribution in [0.3, 0.4) is 0 Å². The smallest absolute Gasteiger partial charge is 0.279 e. The predicted molar refractivity (Wildman–Crippen MR) is 120 cm³/mol. The van der Waals surface area contributed by atoms with Gasteiger partial charge in [0.05, 0.1) is 11.0 Å². The second kappa shape index (κ2) is 8.63. The van der Waals surface area contributed by atoms with Crippen molar-refractivity contribution in [3.05, 3.63) is 86.1 Å². The van der Waals surface area contributed by atoms with E-state index in [2.05, 4.69) is 31.5 Å². The molecule has 9 heteroatoms. The van der Waals surface area contributed by atoms with Gasteiger partial charge in [0.15, 0.2) is 17.3 Å². The van der Waals surface area contributed by atoms with Crippen LogP contribution in [0.5, 0.6) is 0 Å². The molecule has 0 aliphatic rings. The Morgan fingerprint density at radius 2 is 1.93 bits per heavy atom. The highest BCUT2D eigenvalue weighted by atomic mass is 79.9. The topological polar surface area (TPSA) is 73.0 Å². The summed E-state index contributed by atoms with van der Waals surface area (Å²) in [5.41, 5.74) is 3.00. The van der Waals surface area contributed by atoms with Crippen LogP contribution in [0.4, 0.5) is 5.82 Å². The normalized spacial score (nSPS) is 10.9. The van der Waals surface area contributed by atoms with Crippen molar-refractivity contribution in [2.24, 2.45) is 0 Å². The third kappa shape index (κ3) is 4.59. The molecule has 0 aliphatic carbocycles. The van der Waals surface area contributed by atoms with E-state index in [1.54, 1.807) is 29.1 Å². The number of carbonyl (C=O) groups excluding carboxylic acids is 1. The summed E-state index contributed by atoms with van der Waals surface area (Å²) in [6.07, 6.45) is 1.75. The maximum Gasteiger partial charge on any atom is 0.279 e. The minimum absolute atomic E-state index is 0.160. The maximum atomic E-state index is 12.6. The van der Waals surface area contributed by atoms with E-state index in [0.717, 1.165) is 16.7 Å². The van der Waals surface area contributed by atoms with Gasteiger partial charge < -0.3 is 9.84 Å². The molecule has 0 unspecified atom stereocenters. The number of nitrogens with one attached hydrogen (secondary N) is 1. The summed E-state index contributed by atoms with van der Waals surface area (Å²) in [6.45, 7) is 2.42. The number of aromatic nitrogens is 3. The molecular weight excluding hydrogens is 491 g/mol. The monoisotopic (exact) mass is 504 g/mol. The zero-order chi connectivity index (χ0) is 21.3. The van der Waals surface area contributed by atoms with Gasteiger partial charge in [0.2, 0.25) is 0 Å². The zero-order valence-corrected chi connectivity index (χ0v) is 18.8. The highest BCUT2D eigenvalue weighted by Crippen LogP contribution is 2.26. The SMILES string of the molecule is Cc1ccc(-c2cc(C(=O)Nc3nn(Cc4ccc(Cl)cc4Cl)cc3Br)no2)cc1. The molecule has 2 aromatic heterocycles. The molecule has 152 valence electrons. The van der Waals surface area contributed by atoms with Crippen molar-refractivity contribution in [3.8, 4) is 11.3 Å². The highest BCUT2D eigenvalue weighted by Gasteiger charge is 2.17. The number of amides is 1. The van der Waals surface area contributed by atoms with E-state index in [1.165, 1.54) is 0 Å². The number of rotatable bonds is 5. The van der Waals surface area contributed by atoms with Crippen molar-refractivity contribution >= 4 is 50.9 Å². The van der Waals surface area contributed by atoms with Gasteiger partial charge in [-0.05, 0) is 40.5 Å². The van der Waals surface area contributed by atoms with Crippen molar-refractivity contribution in [1.29, 1.82) is 0 Å². The molecule has 6 nitrogen and oxygen atoms in total. The lowest BCUT2D eigenvalue weighted by Gasteiger charge is -2.05. The minimum atomic E-state index is -0.424. The maximum absolute atomic E-state index is 12.6. The molecular formula is C21H15BrCl2N4O2. The van der Waals surface area contributed by atoms with Gasteiger partial charge in [-0.2, -0.15) is 5.10 Å². The van der Waals surface area contributed by atoms with Crippen LogP contribution < -0.4 is 5.32 Å². The Labute approximate surface area is 190 Å². The molecule has 2 aromatic carbocycles. The molecule has 0 aliphatic heterocycles. The summed E-state index contributed by atoms with van der Waals surface area (Å²) in [6, 6.07) is 14.6. The van der Waals surface area contributed by atoms with Crippen LogP contribution in [-0.2, 0) is 6.54 Å². The summed E-state index contributed by atoms with van der Waals surface area (Å²) in [5, 5.41) is 12.1. The number of hydrogen-bond donors (Lipinski definition) is 1. The average Bonchev–Trinajstić information content (AvgIpc) is 3.32. The lowest BCUT2D eigenvalue weighted by Crippen LogP contribution is -2.13. The van der Waals surface area contributed by atoms with Crippen molar-refractivity contribution in [3.63, 3.8) is 0 Å². The standard InChI is InChI=1S/C21H15BrCl2N4O2/c1-12-2-4-13(5-3-12)19-9-18(27-30-19)21(29)25-20-16(22)11-28(26-20)10-14-6-7-15(23)8-17(14)24/h2-9,11H,10H2,1H3,(H,25,26,29). The first-order chi connectivity index (χ1) is 14.4. The zero-order valence-electron chi connectivity index (χ0n) is 15.7. The molecule has 0 atom stereocenters. The Balaban J connectivity index is 1.48. The van der Waals surface area contributed by atoms with Crippen molar-refractivity contribution in [2.45, 2.75) is 13.5 Å². The third-order valence-electron chi connectivity index (χ3n) is 4.38. The van der Waals surface area contributed by atoms with Crippen LogP contribution in [0.2, 0.25) is 10.0 Å². The van der Waals surface area contributed by atoms with Gasteiger partial charge >= 0.3 is 0 Å². The molecule has 0 saturated heterocycles. The average molecular weight is 506 g/mol. The van der Waals surface area contributed by atoms with Gasteiger partial charge in [-0.1, -0.05) is 64.3 Å². The fourth-order valence-corrected chi connectivity index (χ4v) is 3.68. The van der Waals surface area contributed by atoms with Gasteiger partial charge in [-0.25, -0.2) is 0 Å². The van der Waals surface area contributed by atoms with Gasteiger partial charge in [-0.3, -0.25) is 9.48 Å². The molecule has 2 heterocycles. The summed E-state index contributed by atoms with van der Waals surface area (Å²) in [7, 11) is 0.